The zero-order valence-electron chi connectivity index (χ0n) is 22.5. The van der Waals surface area contributed by atoms with Gasteiger partial charge in [-0.2, -0.15) is 70.6 Å². The molecule has 3 saturated carbocycles. The molecular weight excluding hydrogens is 563 g/mol. The van der Waals surface area contributed by atoms with Crippen molar-refractivity contribution in [3.05, 3.63) is 0 Å². The highest BCUT2D eigenvalue weighted by Gasteiger charge is 2.31. The van der Waals surface area contributed by atoms with Crippen molar-refractivity contribution in [2.45, 2.75) is 83.4 Å². The summed E-state index contributed by atoms with van der Waals surface area (Å²) in [6, 6.07) is 0. The first-order valence-electron chi connectivity index (χ1n) is 13.8. The van der Waals surface area contributed by atoms with Gasteiger partial charge < -0.3 is 28.7 Å². The van der Waals surface area contributed by atoms with Crippen LogP contribution in [0.5, 0.6) is 0 Å². The molecule has 0 amide bonds. The number of hydrogen-bond donors (Lipinski definition) is 5. The molecule has 0 bridgehead atoms. The Morgan fingerprint density at radius 3 is 0.972 bits per heavy atom. The molecular formula is C25H55N5S6. The molecule has 0 heterocycles. The van der Waals surface area contributed by atoms with Crippen LogP contribution >= 0.6 is 70.6 Å². The minimum Gasteiger partial charge on any atom is -0.330 e. The van der Waals surface area contributed by atoms with E-state index in [-0.39, 0.29) is 0 Å². The van der Waals surface area contributed by atoms with Gasteiger partial charge >= 0.3 is 0 Å². The number of hydrogen-bond acceptors (Lipinski definition) is 11. The van der Waals surface area contributed by atoms with Crippen LogP contribution in [-0.2, 0) is 0 Å². The second-order valence-corrected chi connectivity index (χ2v) is 17.4. The molecule has 4 unspecified atom stereocenters. The maximum atomic E-state index is 5.47. The molecule has 10 N–H and O–H groups in total. The Balaban J connectivity index is 0.000000270. The minimum atomic E-state index is 0.815. The van der Waals surface area contributed by atoms with Crippen molar-refractivity contribution < 1.29 is 0 Å². The van der Waals surface area contributed by atoms with E-state index in [1.54, 1.807) is 0 Å². The van der Waals surface area contributed by atoms with E-state index in [1.807, 2.05) is 47.0 Å². The SMILES string of the molecule is CCCSC1CCC1SCCN.NCCSC1CC(SCCN)C1.NCCSC1CCC1SCCN. The topological polar surface area (TPSA) is 130 Å². The van der Waals surface area contributed by atoms with Gasteiger partial charge in [-0.1, -0.05) is 6.92 Å². The van der Waals surface area contributed by atoms with E-state index in [9.17, 15) is 0 Å². The molecule has 3 rings (SSSR count). The summed E-state index contributed by atoms with van der Waals surface area (Å²) in [6.45, 7) is 6.37. The number of rotatable bonds is 18. The summed E-state index contributed by atoms with van der Waals surface area (Å²) in [5.41, 5.74) is 27.2. The van der Waals surface area contributed by atoms with Gasteiger partial charge in [0.2, 0.25) is 0 Å². The zero-order chi connectivity index (χ0) is 26.4. The molecule has 0 aromatic rings. The maximum absolute atomic E-state index is 5.47. The quantitative estimate of drug-likeness (QED) is 0.152. The van der Waals surface area contributed by atoms with Crippen LogP contribution in [0.25, 0.3) is 0 Å². The highest BCUT2D eigenvalue weighted by Crippen LogP contribution is 2.41. The normalized spacial score (nSPS) is 28.5. The fraction of sp³-hybridized carbons (Fsp3) is 1.00. The molecule has 0 aliphatic heterocycles. The fourth-order valence-electron chi connectivity index (χ4n) is 3.83. The third kappa shape index (κ3) is 16.2. The summed E-state index contributed by atoms with van der Waals surface area (Å²) in [5, 5.41) is 5.38. The van der Waals surface area contributed by atoms with E-state index < -0.39 is 0 Å². The Kier molecular flexibility index (Phi) is 24.6. The van der Waals surface area contributed by atoms with E-state index in [0.29, 0.717) is 0 Å². The van der Waals surface area contributed by atoms with Gasteiger partial charge in [0, 0.05) is 93.0 Å². The van der Waals surface area contributed by atoms with E-state index >= 15 is 0 Å². The minimum absolute atomic E-state index is 0.815. The van der Waals surface area contributed by atoms with E-state index in [4.69, 9.17) is 28.7 Å². The Morgan fingerprint density at radius 1 is 0.444 bits per heavy atom. The molecule has 0 spiro atoms. The summed E-state index contributed by atoms with van der Waals surface area (Å²) in [7, 11) is 0. The second kappa shape index (κ2) is 24.7. The second-order valence-electron chi connectivity index (χ2n) is 9.19. The molecule has 216 valence electrons. The molecule has 3 fully saturated rings. The lowest BCUT2D eigenvalue weighted by molar-refractivity contribution is 0.540. The highest BCUT2D eigenvalue weighted by atomic mass is 32.2. The highest BCUT2D eigenvalue weighted by molar-refractivity contribution is 8.04. The van der Waals surface area contributed by atoms with Crippen LogP contribution in [0.3, 0.4) is 0 Å². The van der Waals surface area contributed by atoms with Crippen molar-refractivity contribution in [2.75, 3.05) is 67.2 Å². The standard InChI is InChI=1S/C9H19NS2.2C8H18N2S2/c1-2-6-11-8-3-4-9(8)12-7-5-10;9-1-3-11-7-5-8(6-7)12-4-2-10;9-3-5-11-7-1-2-8(7)12-6-4-10/h8-9H,2-7,10H2,1H3;2*7-8H,1-6,9-10H2. The molecule has 0 aromatic heterocycles. The number of thioether (sulfide) groups is 6. The lowest BCUT2D eigenvalue weighted by Gasteiger charge is -2.35. The average molecular weight is 618 g/mol. The van der Waals surface area contributed by atoms with Crippen molar-refractivity contribution in [3.63, 3.8) is 0 Å². The molecule has 0 radical (unpaired) electrons. The Labute approximate surface area is 248 Å². The average Bonchev–Trinajstić information content (AvgIpc) is 2.83. The smallest absolute Gasteiger partial charge is 0.0167 e. The first-order valence-corrected chi connectivity index (χ1v) is 20.1. The van der Waals surface area contributed by atoms with Crippen LogP contribution in [0.2, 0.25) is 0 Å². The molecule has 3 aliphatic carbocycles. The summed E-state index contributed by atoms with van der Waals surface area (Å²) in [6.07, 6.45) is 9.68. The zero-order valence-corrected chi connectivity index (χ0v) is 27.4. The van der Waals surface area contributed by atoms with Gasteiger partial charge in [-0.15, -0.1) is 0 Å². The predicted molar refractivity (Wildman–Crippen MR) is 181 cm³/mol. The van der Waals surface area contributed by atoms with Crippen molar-refractivity contribution in [1.82, 2.24) is 0 Å². The van der Waals surface area contributed by atoms with Crippen molar-refractivity contribution in [1.29, 1.82) is 0 Å². The molecule has 3 aliphatic rings. The Hall–Kier alpha value is 1.90. The molecule has 0 saturated heterocycles. The van der Waals surface area contributed by atoms with Gasteiger partial charge in [-0.3, -0.25) is 0 Å². The molecule has 5 nitrogen and oxygen atoms in total. The maximum Gasteiger partial charge on any atom is 0.0167 e. The lowest BCUT2D eigenvalue weighted by Crippen LogP contribution is -2.33. The third-order valence-corrected chi connectivity index (χ3v) is 15.2. The van der Waals surface area contributed by atoms with Crippen molar-refractivity contribution in [2.24, 2.45) is 28.7 Å². The largest absolute Gasteiger partial charge is 0.330 e. The monoisotopic (exact) mass is 617 g/mol. The van der Waals surface area contributed by atoms with Crippen LogP contribution in [0.15, 0.2) is 0 Å². The van der Waals surface area contributed by atoms with Crippen LogP contribution in [0, 0.1) is 0 Å². The summed E-state index contributed by atoms with van der Waals surface area (Å²) in [4.78, 5) is 0. The van der Waals surface area contributed by atoms with E-state index in [2.05, 4.69) is 30.4 Å². The summed E-state index contributed by atoms with van der Waals surface area (Å²) < 4.78 is 0. The van der Waals surface area contributed by atoms with Crippen molar-refractivity contribution in [3.8, 4) is 0 Å². The summed E-state index contributed by atoms with van der Waals surface area (Å²) >= 11 is 12.4. The van der Waals surface area contributed by atoms with Gasteiger partial charge in [-0.25, -0.2) is 0 Å². The van der Waals surface area contributed by atoms with Gasteiger partial charge in [-0.05, 0) is 50.7 Å². The predicted octanol–water partition coefficient (Wildman–Crippen LogP) is 4.15. The van der Waals surface area contributed by atoms with Crippen LogP contribution in [-0.4, -0.2) is 98.7 Å². The fourth-order valence-corrected chi connectivity index (χ4v) is 11.9. The molecule has 36 heavy (non-hydrogen) atoms. The van der Waals surface area contributed by atoms with Gasteiger partial charge in [0.05, 0.1) is 0 Å². The van der Waals surface area contributed by atoms with Crippen molar-refractivity contribution >= 4 is 70.6 Å². The van der Waals surface area contributed by atoms with Gasteiger partial charge in [0.25, 0.3) is 0 Å². The van der Waals surface area contributed by atoms with E-state index in [1.165, 1.54) is 50.7 Å². The molecule has 4 atom stereocenters. The van der Waals surface area contributed by atoms with Gasteiger partial charge in [0.1, 0.15) is 0 Å². The van der Waals surface area contributed by atoms with Crippen LogP contribution in [0.4, 0.5) is 0 Å². The lowest BCUT2D eigenvalue weighted by atomic mass is 9.99. The third-order valence-electron chi connectivity index (χ3n) is 6.18. The Bertz CT molecular complexity index is 422. The molecule has 11 heteroatoms. The first-order chi connectivity index (χ1) is 17.6. The van der Waals surface area contributed by atoms with E-state index in [0.717, 1.165) is 93.0 Å². The van der Waals surface area contributed by atoms with Crippen LogP contribution in [0.1, 0.15) is 51.9 Å². The first kappa shape index (κ1) is 35.9. The van der Waals surface area contributed by atoms with Gasteiger partial charge in [0.15, 0.2) is 0 Å². The summed E-state index contributed by atoms with van der Waals surface area (Å²) in [5.74, 6) is 6.96. The number of nitrogens with two attached hydrogens (primary N) is 5. The van der Waals surface area contributed by atoms with Crippen LogP contribution < -0.4 is 28.7 Å². The Morgan fingerprint density at radius 2 is 0.722 bits per heavy atom. The molecule has 0 aromatic carbocycles.